The first-order valence-electron chi connectivity index (χ1n) is 5.73. The monoisotopic (exact) mass is 248 g/mol. The van der Waals surface area contributed by atoms with Crippen LogP contribution in [-0.4, -0.2) is 23.1 Å². The molecule has 2 unspecified atom stereocenters. The molecule has 0 saturated carbocycles. The number of aromatic hydroxyl groups is 1. The summed E-state index contributed by atoms with van der Waals surface area (Å²) in [5.74, 6) is -0.665. The zero-order valence-electron chi connectivity index (χ0n) is 9.50. The average Bonchev–Trinajstić information content (AvgIpc) is 2.76. The maximum Gasteiger partial charge on any atom is 0.343 e. The van der Waals surface area contributed by atoms with Crippen LogP contribution in [0.15, 0.2) is 33.5 Å². The number of aliphatic hydroxyl groups is 1. The highest BCUT2D eigenvalue weighted by molar-refractivity contribution is 5.84. The van der Waals surface area contributed by atoms with Gasteiger partial charge in [-0.2, -0.15) is 0 Å². The largest absolute Gasteiger partial charge is 0.507 e. The quantitative estimate of drug-likeness (QED) is 0.744. The number of rotatable bonds is 1. The van der Waals surface area contributed by atoms with Gasteiger partial charge in [0.25, 0.3) is 0 Å². The van der Waals surface area contributed by atoms with Gasteiger partial charge in [0, 0.05) is 5.92 Å². The molecule has 3 rings (SSSR count). The molecular weight excluding hydrogens is 236 g/mol. The maximum absolute atomic E-state index is 11.9. The lowest BCUT2D eigenvalue weighted by Crippen LogP contribution is -2.20. The Hall–Kier alpha value is -1.85. The second kappa shape index (κ2) is 4.12. The van der Waals surface area contributed by atoms with E-state index in [0.717, 1.165) is 0 Å². The molecule has 2 aromatic rings. The molecular formula is C13H12O5. The summed E-state index contributed by atoms with van der Waals surface area (Å²) in [6.07, 6.45) is -0.586. The minimum Gasteiger partial charge on any atom is -0.507 e. The fourth-order valence-electron chi connectivity index (χ4n) is 2.34. The van der Waals surface area contributed by atoms with Crippen molar-refractivity contribution in [2.24, 2.45) is 0 Å². The molecule has 18 heavy (non-hydrogen) atoms. The lowest BCUT2D eigenvalue weighted by atomic mass is 9.96. The normalized spacial score (nSPS) is 23.6. The van der Waals surface area contributed by atoms with Crippen LogP contribution >= 0.6 is 0 Å². The van der Waals surface area contributed by atoms with Gasteiger partial charge < -0.3 is 19.4 Å². The van der Waals surface area contributed by atoms with Crippen LogP contribution < -0.4 is 5.63 Å². The molecule has 1 aromatic heterocycles. The first-order chi connectivity index (χ1) is 8.68. The highest BCUT2D eigenvalue weighted by Gasteiger charge is 2.33. The SMILES string of the molecule is O=c1oc2ccccc2c(O)c1C1CCOC1O. The summed E-state index contributed by atoms with van der Waals surface area (Å²) in [5, 5.41) is 20.3. The van der Waals surface area contributed by atoms with Crippen molar-refractivity contribution in [2.45, 2.75) is 18.6 Å². The third-order valence-corrected chi connectivity index (χ3v) is 3.25. The molecule has 1 aromatic carbocycles. The molecule has 0 radical (unpaired) electrons. The number of aliphatic hydroxyl groups excluding tert-OH is 1. The van der Waals surface area contributed by atoms with Crippen LogP contribution in [-0.2, 0) is 4.74 Å². The van der Waals surface area contributed by atoms with Crippen molar-refractivity contribution in [3.63, 3.8) is 0 Å². The van der Waals surface area contributed by atoms with Crippen LogP contribution in [0.5, 0.6) is 5.75 Å². The minimum absolute atomic E-state index is 0.0960. The van der Waals surface area contributed by atoms with Crippen LogP contribution in [0.3, 0.4) is 0 Å². The zero-order chi connectivity index (χ0) is 12.7. The van der Waals surface area contributed by atoms with Gasteiger partial charge in [-0.3, -0.25) is 0 Å². The molecule has 5 nitrogen and oxygen atoms in total. The predicted octanol–water partition coefficient (Wildman–Crippen LogP) is 1.32. The number of hydrogen-bond acceptors (Lipinski definition) is 5. The minimum atomic E-state index is -1.07. The molecule has 0 aliphatic carbocycles. The molecule has 1 saturated heterocycles. The number of para-hydroxylation sites is 1. The molecule has 1 aliphatic heterocycles. The summed E-state index contributed by atoms with van der Waals surface area (Å²) in [7, 11) is 0. The number of hydrogen-bond donors (Lipinski definition) is 2. The van der Waals surface area contributed by atoms with E-state index >= 15 is 0 Å². The summed E-state index contributed by atoms with van der Waals surface area (Å²) in [6.45, 7) is 0.359. The fraction of sp³-hybridized carbons (Fsp3) is 0.308. The topological polar surface area (TPSA) is 79.9 Å². The van der Waals surface area contributed by atoms with Crippen LogP contribution in [0.25, 0.3) is 11.0 Å². The van der Waals surface area contributed by atoms with Crippen LogP contribution in [0.1, 0.15) is 17.9 Å². The van der Waals surface area contributed by atoms with Gasteiger partial charge in [0.1, 0.15) is 11.3 Å². The van der Waals surface area contributed by atoms with Crippen molar-refractivity contribution < 1.29 is 19.4 Å². The number of ether oxygens (including phenoxy) is 1. The van der Waals surface area contributed by atoms with E-state index in [-0.39, 0.29) is 11.3 Å². The van der Waals surface area contributed by atoms with Crippen molar-refractivity contribution >= 4 is 11.0 Å². The zero-order valence-corrected chi connectivity index (χ0v) is 9.50. The van der Waals surface area contributed by atoms with Gasteiger partial charge in [-0.05, 0) is 18.6 Å². The third-order valence-electron chi connectivity index (χ3n) is 3.25. The molecule has 94 valence electrons. The van der Waals surface area contributed by atoms with Gasteiger partial charge in [0.2, 0.25) is 0 Å². The number of fused-ring (bicyclic) bond motifs is 1. The Labute approximate surface area is 102 Å². The lowest BCUT2D eigenvalue weighted by Gasteiger charge is -2.14. The summed E-state index contributed by atoms with van der Waals surface area (Å²) in [6, 6.07) is 6.74. The smallest absolute Gasteiger partial charge is 0.343 e. The van der Waals surface area contributed by atoms with E-state index in [1.165, 1.54) is 0 Å². The standard InChI is InChI=1S/C13H12O5/c14-11-7-3-1-2-4-9(7)18-13(16)10(11)8-5-6-17-12(8)15/h1-4,8,12,14-15H,5-6H2. The van der Waals surface area contributed by atoms with Gasteiger partial charge in [-0.1, -0.05) is 12.1 Å². The lowest BCUT2D eigenvalue weighted by molar-refractivity contribution is -0.0684. The summed E-state index contributed by atoms with van der Waals surface area (Å²) >= 11 is 0. The molecule has 0 bridgehead atoms. The highest BCUT2D eigenvalue weighted by atomic mass is 16.6. The van der Waals surface area contributed by atoms with Gasteiger partial charge in [-0.15, -0.1) is 0 Å². The van der Waals surface area contributed by atoms with Crippen molar-refractivity contribution in [1.29, 1.82) is 0 Å². The van der Waals surface area contributed by atoms with E-state index in [2.05, 4.69) is 0 Å². The molecule has 2 heterocycles. The van der Waals surface area contributed by atoms with Gasteiger partial charge in [-0.25, -0.2) is 4.79 Å². The third kappa shape index (κ3) is 1.60. The Bertz CT molecular complexity index is 645. The van der Waals surface area contributed by atoms with E-state index in [0.29, 0.717) is 24.0 Å². The average molecular weight is 248 g/mol. The summed E-state index contributed by atoms with van der Waals surface area (Å²) in [4.78, 5) is 11.9. The van der Waals surface area contributed by atoms with E-state index < -0.39 is 17.8 Å². The Morgan fingerprint density at radius 2 is 2.06 bits per heavy atom. The molecule has 0 amide bonds. The maximum atomic E-state index is 11.9. The van der Waals surface area contributed by atoms with Gasteiger partial charge in [0.15, 0.2) is 6.29 Å². The molecule has 1 fully saturated rings. The first-order valence-corrected chi connectivity index (χ1v) is 5.73. The van der Waals surface area contributed by atoms with Crippen LogP contribution in [0, 0.1) is 0 Å². The Balaban J connectivity index is 2.26. The second-order valence-electron chi connectivity index (χ2n) is 4.30. The van der Waals surface area contributed by atoms with Gasteiger partial charge >= 0.3 is 5.63 Å². The first kappa shape index (κ1) is 11.3. The molecule has 2 atom stereocenters. The van der Waals surface area contributed by atoms with Gasteiger partial charge in [0.05, 0.1) is 17.6 Å². The van der Waals surface area contributed by atoms with Crippen LogP contribution in [0.4, 0.5) is 0 Å². The molecule has 1 aliphatic rings. The Morgan fingerprint density at radius 3 is 2.78 bits per heavy atom. The van der Waals surface area contributed by atoms with Crippen molar-refractivity contribution in [2.75, 3.05) is 6.61 Å². The fourth-order valence-corrected chi connectivity index (χ4v) is 2.34. The second-order valence-corrected chi connectivity index (χ2v) is 4.30. The van der Waals surface area contributed by atoms with E-state index in [1.807, 2.05) is 0 Å². The van der Waals surface area contributed by atoms with Crippen molar-refractivity contribution in [3.8, 4) is 5.75 Å². The summed E-state index contributed by atoms with van der Waals surface area (Å²) in [5.41, 5.74) is -0.198. The molecule has 2 N–H and O–H groups in total. The Kier molecular flexibility index (Phi) is 2.57. The highest BCUT2D eigenvalue weighted by Crippen LogP contribution is 2.36. The van der Waals surface area contributed by atoms with E-state index in [1.54, 1.807) is 24.3 Å². The van der Waals surface area contributed by atoms with Crippen LogP contribution in [0.2, 0.25) is 0 Å². The van der Waals surface area contributed by atoms with Crippen molar-refractivity contribution in [3.05, 3.63) is 40.2 Å². The molecule has 0 spiro atoms. The van der Waals surface area contributed by atoms with Crippen molar-refractivity contribution in [1.82, 2.24) is 0 Å². The van der Waals surface area contributed by atoms with E-state index in [4.69, 9.17) is 9.15 Å². The number of benzene rings is 1. The Morgan fingerprint density at radius 1 is 1.28 bits per heavy atom. The molecule has 5 heteroatoms. The predicted molar refractivity (Wildman–Crippen MR) is 63.5 cm³/mol. The van der Waals surface area contributed by atoms with E-state index in [9.17, 15) is 15.0 Å². The summed E-state index contributed by atoms with van der Waals surface area (Å²) < 4.78 is 10.2.